The van der Waals surface area contributed by atoms with Gasteiger partial charge in [0.1, 0.15) is 5.76 Å². The Morgan fingerprint density at radius 3 is 2.91 bits per heavy atom. The Morgan fingerprint density at radius 2 is 2.14 bits per heavy atom. The van der Waals surface area contributed by atoms with Gasteiger partial charge in [0.2, 0.25) is 12.7 Å². The Balaban J connectivity index is 1.57. The van der Waals surface area contributed by atoms with Crippen LogP contribution in [-0.4, -0.2) is 17.7 Å². The second-order valence-corrected chi connectivity index (χ2v) is 4.80. The topological polar surface area (TPSA) is 70.8 Å². The molecule has 0 saturated carbocycles. The summed E-state index contributed by atoms with van der Waals surface area (Å²) >= 11 is 0. The average molecular weight is 301 g/mol. The largest absolute Gasteiger partial charge is 0.454 e. The van der Waals surface area contributed by atoms with Gasteiger partial charge in [-0.15, -0.1) is 0 Å². The summed E-state index contributed by atoms with van der Waals surface area (Å²) in [6.07, 6.45) is 3.00. The number of benzene rings is 1. The Bertz CT molecular complexity index is 713. The van der Waals surface area contributed by atoms with Gasteiger partial charge in [-0.1, -0.05) is 6.07 Å². The number of nitrogens with zero attached hydrogens (tertiary/aromatic N) is 1. The summed E-state index contributed by atoms with van der Waals surface area (Å²) in [7, 11) is 0. The van der Waals surface area contributed by atoms with E-state index in [0.717, 1.165) is 17.0 Å². The number of ether oxygens (including phenoxy) is 3. The van der Waals surface area contributed by atoms with Crippen LogP contribution in [0, 0.1) is 13.8 Å². The molecule has 1 aliphatic heterocycles. The highest BCUT2D eigenvalue weighted by Crippen LogP contribution is 2.32. The van der Waals surface area contributed by atoms with Crippen molar-refractivity contribution in [3.8, 4) is 11.5 Å². The third-order valence-electron chi connectivity index (χ3n) is 3.22. The maximum atomic E-state index is 11.7. The van der Waals surface area contributed by atoms with Crippen LogP contribution >= 0.6 is 0 Å². The second-order valence-electron chi connectivity index (χ2n) is 4.80. The predicted octanol–water partition coefficient (Wildman–Crippen LogP) is 2.78. The van der Waals surface area contributed by atoms with E-state index in [9.17, 15) is 4.79 Å². The average Bonchev–Trinajstić information content (AvgIpc) is 3.09. The molecular formula is C16H15NO5. The first-order chi connectivity index (χ1) is 10.6. The second kappa shape index (κ2) is 5.93. The summed E-state index contributed by atoms with van der Waals surface area (Å²) in [4.78, 5) is 15.8. The summed E-state index contributed by atoms with van der Waals surface area (Å²) in [5, 5.41) is 0. The molecule has 0 atom stereocenters. The summed E-state index contributed by atoms with van der Waals surface area (Å²) in [5.74, 6) is 2.02. The van der Waals surface area contributed by atoms with Crippen LogP contribution in [0.5, 0.6) is 11.5 Å². The zero-order valence-corrected chi connectivity index (χ0v) is 12.3. The van der Waals surface area contributed by atoms with Gasteiger partial charge in [0.25, 0.3) is 0 Å². The highest BCUT2D eigenvalue weighted by atomic mass is 16.7. The van der Waals surface area contributed by atoms with Crippen molar-refractivity contribution in [3.05, 3.63) is 47.2 Å². The molecule has 1 aromatic carbocycles. The number of carbonyl (C=O) groups is 1. The van der Waals surface area contributed by atoms with Crippen molar-refractivity contribution in [2.45, 2.75) is 20.5 Å². The Kier molecular flexibility index (Phi) is 3.82. The third-order valence-corrected chi connectivity index (χ3v) is 3.22. The zero-order chi connectivity index (χ0) is 15.5. The maximum Gasteiger partial charge on any atom is 0.331 e. The number of hydrogen-bond acceptors (Lipinski definition) is 6. The van der Waals surface area contributed by atoms with Crippen molar-refractivity contribution in [3.63, 3.8) is 0 Å². The summed E-state index contributed by atoms with van der Waals surface area (Å²) < 4.78 is 20.9. The van der Waals surface area contributed by atoms with Gasteiger partial charge in [0.05, 0.1) is 5.69 Å². The minimum Gasteiger partial charge on any atom is -0.454 e. The van der Waals surface area contributed by atoms with E-state index < -0.39 is 5.97 Å². The van der Waals surface area contributed by atoms with E-state index in [1.807, 2.05) is 19.9 Å². The van der Waals surface area contributed by atoms with Crippen molar-refractivity contribution in [2.75, 3.05) is 6.79 Å². The highest BCUT2D eigenvalue weighted by molar-refractivity contribution is 5.87. The molecule has 114 valence electrons. The van der Waals surface area contributed by atoms with Crippen molar-refractivity contribution in [1.82, 2.24) is 4.98 Å². The van der Waals surface area contributed by atoms with E-state index in [0.29, 0.717) is 17.4 Å². The van der Waals surface area contributed by atoms with Gasteiger partial charge < -0.3 is 18.6 Å². The Labute approximate surface area is 127 Å². The quantitative estimate of drug-likeness (QED) is 0.639. The molecule has 0 fully saturated rings. The molecule has 0 saturated heterocycles. The van der Waals surface area contributed by atoms with E-state index in [1.165, 1.54) is 6.08 Å². The number of esters is 1. The van der Waals surface area contributed by atoms with Crippen LogP contribution in [0.3, 0.4) is 0 Å². The molecule has 2 heterocycles. The fourth-order valence-corrected chi connectivity index (χ4v) is 1.96. The molecule has 1 aliphatic rings. The highest BCUT2D eigenvalue weighted by Gasteiger charge is 2.12. The van der Waals surface area contributed by atoms with Crippen LogP contribution in [0.4, 0.5) is 0 Å². The van der Waals surface area contributed by atoms with Crippen LogP contribution in [-0.2, 0) is 16.1 Å². The number of oxazole rings is 1. The van der Waals surface area contributed by atoms with Crippen molar-refractivity contribution in [1.29, 1.82) is 0 Å². The molecule has 6 heteroatoms. The lowest BCUT2D eigenvalue weighted by atomic mass is 10.2. The Hall–Kier alpha value is -2.76. The van der Waals surface area contributed by atoms with Crippen molar-refractivity contribution < 1.29 is 23.4 Å². The standard InChI is InChI=1S/C16H15NO5/c1-10-11(2)22-15(17-10)8-19-16(18)6-4-12-3-5-13-14(7-12)21-9-20-13/h3-7H,8-9H2,1-2H3/b6-4+. The van der Waals surface area contributed by atoms with Crippen LogP contribution in [0.2, 0.25) is 0 Å². The SMILES string of the molecule is Cc1nc(COC(=O)/C=C/c2ccc3c(c2)OCO3)oc1C. The molecule has 0 aliphatic carbocycles. The van der Waals surface area contributed by atoms with Gasteiger partial charge in [-0.3, -0.25) is 0 Å². The lowest BCUT2D eigenvalue weighted by Gasteiger charge is -1.99. The van der Waals surface area contributed by atoms with Crippen LogP contribution in [0.25, 0.3) is 6.08 Å². The fourth-order valence-electron chi connectivity index (χ4n) is 1.96. The van der Waals surface area contributed by atoms with E-state index in [-0.39, 0.29) is 13.4 Å². The zero-order valence-electron chi connectivity index (χ0n) is 12.3. The molecular weight excluding hydrogens is 286 g/mol. The van der Waals surface area contributed by atoms with Crippen molar-refractivity contribution in [2.24, 2.45) is 0 Å². The molecule has 0 radical (unpaired) electrons. The van der Waals surface area contributed by atoms with E-state index in [4.69, 9.17) is 18.6 Å². The Morgan fingerprint density at radius 1 is 1.32 bits per heavy atom. The summed E-state index contributed by atoms with van der Waals surface area (Å²) in [6, 6.07) is 5.43. The van der Waals surface area contributed by atoms with Gasteiger partial charge in [-0.05, 0) is 37.6 Å². The minimum atomic E-state index is -0.467. The lowest BCUT2D eigenvalue weighted by molar-refractivity contribution is -0.139. The first-order valence-electron chi connectivity index (χ1n) is 6.79. The first kappa shape index (κ1) is 14.2. The summed E-state index contributed by atoms with van der Waals surface area (Å²) in [5.41, 5.74) is 1.62. The molecule has 22 heavy (non-hydrogen) atoms. The molecule has 1 aromatic heterocycles. The molecule has 0 N–H and O–H groups in total. The number of aryl methyl sites for hydroxylation is 2. The molecule has 0 bridgehead atoms. The van der Waals surface area contributed by atoms with Gasteiger partial charge in [0.15, 0.2) is 18.1 Å². The smallest absolute Gasteiger partial charge is 0.331 e. The van der Waals surface area contributed by atoms with Crippen LogP contribution in [0.1, 0.15) is 22.9 Å². The summed E-state index contributed by atoms with van der Waals surface area (Å²) in [6.45, 7) is 3.88. The van der Waals surface area contributed by atoms with Gasteiger partial charge in [-0.25, -0.2) is 9.78 Å². The van der Waals surface area contributed by atoms with Crippen LogP contribution < -0.4 is 9.47 Å². The normalized spacial score (nSPS) is 12.8. The monoisotopic (exact) mass is 301 g/mol. The minimum absolute atomic E-state index is 0.0129. The van der Waals surface area contributed by atoms with Gasteiger partial charge >= 0.3 is 5.97 Å². The number of carbonyl (C=O) groups excluding carboxylic acids is 1. The van der Waals surface area contributed by atoms with E-state index in [2.05, 4.69) is 4.98 Å². The van der Waals surface area contributed by atoms with E-state index in [1.54, 1.807) is 18.2 Å². The predicted molar refractivity (Wildman–Crippen MR) is 77.4 cm³/mol. The molecule has 0 amide bonds. The van der Waals surface area contributed by atoms with Gasteiger partial charge in [0, 0.05) is 6.08 Å². The number of aromatic nitrogens is 1. The van der Waals surface area contributed by atoms with Crippen molar-refractivity contribution >= 4 is 12.0 Å². The number of fused-ring (bicyclic) bond motifs is 1. The number of rotatable bonds is 4. The third kappa shape index (κ3) is 3.11. The van der Waals surface area contributed by atoms with E-state index >= 15 is 0 Å². The maximum absolute atomic E-state index is 11.7. The molecule has 6 nitrogen and oxygen atoms in total. The molecule has 0 spiro atoms. The number of hydrogen-bond donors (Lipinski definition) is 0. The first-order valence-corrected chi connectivity index (χ1v) is 6.79. The lowest BCUT2D eigenvalue weighted by Crippen LogP contribution is -2.00. The molecule has 2 aromatic rings. The van der Waals surface area contributed by atoms with Crippen LogP contribution in [0.15, 0.2) is 28.7 Å². The van der Waals surface area contributed by atoms with Gasteiger partial charge in [-0.2, -0.15) is 0 Å². The fraction of sp³-hybridized carbons (Fsp3) is 0.250. The molecule has 0 unspecified atom stereocenters. The molecule has 3 rings (SSSR count).